The van der Waals surface area contributed by atoms with Crippen LogP contribution in [-0.2, 0) is 4.79 Å². The molecule has 1 aromatic heterocycles. The van der Waals surface area contributed by atoms with E-state index in [1.807, 2.05) is 0 Å². The summed E-state index contributed by atoms with van der Waals surface area (Å²) in [4.78, 5) is 33.5. The predicted molar refractivity (Wildman–Crippen MR) is 117 cm³/mol. The smallest absolute Gasteiger partial charge is 0.289 e. The van der Waals surface area contributed by atoms with Crippen molar-refractivity contribution >= 4 is 52.6 Å². The highest BCUT2D eigenvalue weighted by molar-refractivity contribution is 6.36. The second kappa shape index (κ2) is 9.41. The van der Waals surface area contributed by atoms with Gasteiger partial charge in [0.2, 0.25) is 5.91 Å². The fraction of sp³-hybridized carbons (Fsp3) is 0.0500. The van der Waals surface area contributed by atoms with E-state index in [1.54, 1.807) is 36.4 Å². The molecule has 2 amide bonds. The molecule has 0 aliphatic rings. The first-order chi connectivity index (χ1) is 14.7. The zero-order valence-corrected chi connectivity index (χ0v) is 17.4. The quantitative estimate of drug-likeness (QED) is 0.307. The molecular weight excluding hydrogens is 447 g/mol. The average Bonchev–Trinajstić information content (AvgIpc) is 3.18. The van der Waals surface area contributed by atoms with E-state index >= 15 is 0 Å². The lowest BCUT2D eigenvalue weighted by molar-refractivity contribution is -0.384. The molecule has 31 heavy (non-hydrogen) atoms. The van der Waals surface area contributed by atoms with Crippen molar-refractivity contribution < 1.29 is 18.9 Å². The summed E-state index contributed by atoms with van der Waals surface area (Å²) in [5.41, 5.74) is 3.34. The van der Waals surface area contributed by atoms with Gasteiger partial charge in [-0.2, -0.15) is 5.10 Å². The van der Waals surface area contributed by atoms with Crippen LogP contribution in [0.3, 0.4) is 0 Å². The van der Waals surface area contributed by atoms with E-state index in [1.165, 1.54) is 19.2 Å². The van der Waals surface area contributed by atoms with Crippen LogP contribution >= 0.6 is 23.2 Å². The number of furan rings is 1. The van der Waals surface area contributed by atoms with Crippen LogP contribution < -0.4 is 10.7 Å². The number of nitro benzene ring substituents is 1. The highest BCUT2D eigenvalue weighted by Crippen LogP contribution is 2.37. The van der Waals surface area contributed by atoms with Crippen molar-refractivity contribution in [2.75, 3.05) is 5.32 Å². The fourth-order valence-corrected chi connectivity index (χ4v) is 3.04. The van der Waals surface area contributed by atoms with Crippen molar-refractivity contribution in [3.05, 3.63) is 80.0 Å². The molecule has 0 saturated heterocycles. The van der Waals surface area contributed by atoms with Gasteiger partial charge in [-0.3, -0.25) is 19.7 Å². The topological polar surface area (TPSA) is 127 Å². The molecule has 0 fully saturated rings. The van der Waals surface area contributed by atoms with Crippen LogP contribution in [0.2, 0.25) is 10.0 Å². The summed E-state index contributed by atoms with van der Waals surface area (Å²) in [7, 11) is 0. The molecule has 2 aromatic carbocycles. The second-order valence-electron chi connectivity index (χ2n) is 6.20. The van der Waals surface area contributed by atoms with Gasteiger partial charge in [-0.25, -0.2) is 5.43 Å². The third-order valence-electron chi connectivity index (χ3n) is 3.95. The lowest BCUT2D eigenvalue weighted by atomic mass is 10.1. The third kappa shape index (κ3) is 5.47. The Labute approximate surface area is 185 Å². The summed E-state index contributed by atoms with van der Waals surface area (Å²) < 4.78 is 5.59. The summed E-state index contributed by atoms with van der Waals surface area (Å²) in [6, 6.07) is 11.9. The van der Waals surface area contributed by atoms with Gasteiger partial charge in [0.25, 0.3) is 11.6 Å². The number of nitrogens with one attached hydrogen (secondary N) is 2. The minimum atomic E-state index is -0.631. The van der Waals surface area contributed by atoms with Gasteiger partial charge in [0.05, 0.1) is 16.2 Å². The highest BCUT2D eigenvalue weighted by atomic mass is 35.5. The zero-order valence-electron chi connectivity index (χ0n) is 15.9. The van der Waals surface area contributed by atoms with Gasteiger partial charge in [0, 0.05) is 29.8 Å². The number of carbonyl (C=O) groups excluding carboxylic acids is 2. The Kier molecular flexibility index (Phi) is 6.68. The van der Waals surface area contributed by atoms with E-state index in [0.717, 1.165) is 6.07 Å². The molecule has 158 valence electrons. The Hall–Kier alpha value is -3.69. The average molecular weight is 461 g/mol. The lowest BCUT2D eigenvalue weighted by Gasteiger charge is -2.03. The Morgan fingerprint density at radius 2 is 1.81 bits per heavy atom. The Morgan fingerprint density at radius 1 is 1.10 bits per heavy atom. The maximum atomic E-state index is 12.1. The first kappa shape index (κ1) is 22.0. The number of nitrogens with zero attached hydrogens (tertiary/aromatic N) is 2. The van der Waals surface area contributed by atoms with Crippen molar-refractivity contribution in [1.82, 2.24) is 5.43 Å². The number of anilines is 1. The monoisotopic (exact) mass is 460 g/mol. The second-order valence-corrected chi connectivity index (χ2v) is 7.01. The molecule has 0 spiro atoms. The van der Waals surface area contributed by atoms with Gasteiger partial charge in [-0.1, -0.05) is 23.2 Å². The van der Waals surface area contributed by atoms with Crippen LogP contribution in [0.4, 0.5) is 11.4 Å². The number of halogens is 2. The number of carbonyl (C=O) groups is 2. The molecule has 1 heterocycles. The maximum Gasteiger partial charge on any atom is 0.289 e. The molecule has 3 rings (SSSR count). The molecule has 0 unspecified atom stereocenters. The molecule has 0 aliphatic heterocycles. The molecule has 0 atom stereocenters. The molecule has 0 radical (unpaired) electrons. The fourth-order valence-electron chi connectivity index (χ4n) is 2.56. The molecule has 11 heteroatoms. The van der Waals surface area contributed by atoms with Gasteiger partial charge in [-0.05, 0) is 42.5 Å². The van der Waals surface area contributed by atoms with E-state index in [2.05, 4.69) is 15.8 Å². The van der Waals surface area contributed by atoms with Gasteiger partial charge in [0.15, 0.2) is 0 Å². The summed E-state index contributed by atoms with van der Waals surface area (Å²) in [6.45, 7) is 1.39. The van der Waals surface area contributed by atoms with Crippen molar-refractivity contribution in [2.24, 2.45) is 5.10 Å². The van der Waals surface area contributed by atoms with Gasteiger partial charge >= 0.3 is 0 Å². The number of benzene rings is 2. The number of nitro groups is 1. The molecular formula is C20H14Cl2N4O5. The molecule has 9 nitrogen and oxygen atoms in total. The summed E-state index contributed by atoms with van der Waals surface area (Å²) in [5, 5.41) is 17.4. The summed E-state index contributed by atoms with van der Waals surface area (Å²) in [6.07, 6.45) is 1.29. The van der Waals surface area contributed by atoms with Crippen LogP contribution in [0.15, 0.2) is 58.0 Å². The maximum absolute atomic E-state index is 12.1. The van der Waals surface area contributed by atoms with Crippen molar-refractivity contribution in [1.29, 1.82) is 0 Å². The number of amides is 2. The Morgan fingerprint density at radius 3 is 2.45 bits per heavy atom. The standard InChI is InChI=1S/C20H14Cl2N4O5/c1-11(27)24-13-4-2-12(3-5-13)20(28)25-23-10-14-6-7-19(31-14)15-8-17(22)18(26(29)30)9-16(15)21/h2-10H,1H3,(H,24,27)(H,25,28). The summed E-state index contributed by atoms with van der Waals surface area (Å²) in [5.74, 6) is -0.0375. The van der Waals surface area contributed by atoms with Crippen LogP contribution in [0.1, 0.15) is 23.0 Å². The SMILES string of the molecule is CC(=O)Nc1ccc(C(=O)NN=Cc2ccc(-c3cc(Cl)c([N+](=O)[O-])cc3Cl)o2)cc1. The van der Waals surface area contributed by atoms with Gasteiger partial charge in [0.1, 0.15) is 16.5 Å². The zero-order chi connectivity index (χ0) is 22.5. The number of hydrazone groups is 1. The predicted octanol–water partition coefficient (Wildman–Crippen LogP) is 4.88. The van der Waals surface area contributed by atoms with E-state index in [0.29, 0.717) is 28.3 Å². The van der Waals surface area contributed by atoms with Crippen LogP contribution in [0.25, 0.3) is 11.3 Å². The van der Waals surface area contributed by atoms with Crippen LogP contribution in [-0.4, -0.2) is 23.0 Å². The van der Waals surface area contributed by atoms with Gasteiger partial charge in [-0.15, -0.1) is 0 Å². The van der Waals surface area contributed by atoms with Crippen molar-refractivity contribution in [3.8, 4) is 11.3 Å². The molecule has 2 N–H and O–H groups in total. The molecule has 0 saturated carbocycles. The number of hydrogen-bond acceptors (Lipinski definition) is 6. The largest absolute Gasteiger partial charge is 0.455 e. The Bertz CT molecular complexity index is 1190. The Balaban J connectivity index is 1.67. The van der Waals surface area contributed by atoms with E-state index in [4.69, 9.17) is 27.6 Å². The first-order valence-corrected chi connectivity index (χ1v) is 9.45. The first-order valence-electron chi connectivity index (χ1n) is 8.69. The van der Waals surface area contributed by atoms with E-state index < -0.39 is 10.8 Å². The number of hydrogen-bond donors (Lipinski definition) is 2. The van der Waals surface area contributed by atoms with Crippen molar-refractivity contribution in [2.45, 2.75) is 6.92 Å². The van der Waals surface area contributed by atoms with Crippen molar-refractivity contribution in [3.63, 3.8) is 0 Å². The molecule has 0 bridgehead atoms. The minimum absolute atomic E-state index is 0.0761. The van der Waals surface area contributed by atoms with E-state index in [9.17, 15) is 19.7 Å². The third-order valence-corrected chi connectivity index (χ3v) is 4.57. The number of rotatable bonds is 6. The normalized spacial score (nSPS) is 10.8. The van der Waals surface area contributed by atoms with Crippen LogP contribution in [0.5, 0.6) is 0 Å². The van der Waals surface area contributed by atoms with Crippen LogP contribution in [0, 0.1) is 10.1 Å². The molecule has 0 aliphatic carbocycles. The minimum Gasteiger partial charge on any atom is -0.455 e. The van der Waals surface area contributed by atoms with Gasteiger partial charge < -0.3 is 9.73 Å². The lowest BCUT2D eigenvalue weighted by Crippen LogP contribution is -2.17. The highest BCUT2D eigenvalue weighted by Gasteiger charge is 2.18. The van der Waals surface area contributed by atoms with E-state index in [-0.39, 0.29) is 21.6 Å². The molecule has 3 aromatic rings. The summed E-state index contributed by atoms with van der Waals surface area (Å²) >= 11 is 12.0.